The number of carbonyl (C=O) groups is 3. The lowest BCUT2D eigenvalue weighted by molar-refractivity contribution is -0.171. The molecular formula is C18H27BrN2O4. The first-order valence-electron chi connectivity index (χ1n) is 9.14. The zero-order valence-electron chi connectivity index (χ0n) is 14.9. The van der Waals surface area contributed by atoms with Gasteiger partial charge in [0.25, 0.3) is 5.91 Å². The van der Waals surface area contributed by atoms with Gasteiger partial charge in [0, 0.05) is 10.9 Å². The van der Waals surface area contributed by atoms with Crippen LogP contribution < -0.4 is 10.6 Å². The molecule has 0 aromatic rings. The Kier molecular flexibility index (Phi) is 5.15. The molecule has 0 aromatic carbocycles. The van der Waals surface area contributed by atoms with Gasteiger partial charge in [0.05, 0.1) is 5.41 Å². The van der Waals surface area contributed by atoms with E-state index in [1.165, 1.54) is 6.42 Å². The molecule has 4 aliphatic rings. The second kappa shape index (κ2) is 6.89. The molecule has 0 heterocycles. The Morgan fingerprint density at radius 2 is 1.80 bits per heavy atom. The van der Waals surface area contributed by atoms with Gasteiger partial charge in [0.2, 0.25) is 0 Å². The third-order valence-electron chi connectivity index (χ3n) is 5.68. The first kappa shape index (κ1) is 18.7. The maximum atomic E-state index is 12.7. The molecule has 4 bridgehead atoms. The van der Waals surface area contributed by atoms with Gasteiger partial charge in [-0.3, -0.25) is 14.9 Å². The van der Waals surface area contributed by atoms with Crippen LogP contribution in [0.4, 0.5) is 4.79 Å². The topological polar surface area (TPSA) is 84.5 Å². The van der Waals surface area contributed by atoms with Crippen LogP contribution in [0.1, 0.15) is 52.4 Å². The smallest absolute Gasteiger partial charge is 0.321 e. The average Bonchev–Trinajstić information content (AvgIpc) is 2.48. The highest BCUT2D eigenvalue weighted by Crippen LogP contribution is 2.64. The third kappa shape index (κ3) is 4.18. The molecule has 4 fully saturated rings. The largest absolute Gasteiger partial charge is 0.455 e. The van der Waals surface area contributed by atoms with Gasteiger partial charge in [0.15, 0.2) is 6.61 Å². The number of alkyl halides is 1. The Bertz CT molecular complexity index is 563. The molecule has 3 amide bonds. The van der Waals surface area contributed by atoms with Crippen molar-refractivity contribution in [1.82, 2.24) is 10.6 Å². The molecule has 25 heavy (non-hydrogen) atoms. The van der Waals surface area contributed by atoms with Crippen LogP contribution in [-0.2, 0) is 14.3 Å². The summed E-state index contributed by atoms with van der Waals surface area (Å²) in [6, 6.07) is -0.552. The van der Waals surface area contributed by atoms with Crippen molar-refractivity contribution >= 4 is 33.8 Å². The molecule has 6 nitrogen and oxygen atoms in total. The second-order valence-electron chi connectivity index (χ2n) is 8.62. The molecular weight excluding hydrogens is 388 g/mol. The molecule has 0 aliphatic heterocycles. The van der Waals surface area contributed by atoms with Gasteiger partial charge in [-0.15, -0.1) is 0 Å². The van der Waals surface area contributed by atoms with Gasteiger partial charge in [-0.2, -0.15) is 0 Å². The first-order chi connectivity index (χ1) is 11.7. The molecule has 2 N–H and O–H groups in total. The van der Waals surface area contributed by atoms with Crippen molar-refractivity contribution in [1.29, 1.82) is 0 Å². The predicted octanol–water partition coefficient (Wildman–Crippen LogP) is 2.75. The van der Waals surface area contributed by atoms with Gasteiger partial charge in [-0.1, -0.05) is 29.8 Å². The summed E-state index contributed by atoms with van der Waals surface area (Å²) < 4.78 is 5.37. The van der Waals surface area contributed by atoms with Gasteiger partial charge in [-0.25, -0.2) is 4.79 Å². The van der Waals surface area contributed by atoms with E-state index in [9.17, 15) is 14.4 Å². The quantitative estimate of drug-likeness (QED) is 0.534. The van der Waals surface area contributed by atoms with Crippen molar-refractivity contribution in [2.45, 2.75) is 56.7 Å². The molecule has 0 saturated heterocycles. The average molecular weight is 415 g/mol. The SMILES string of the molecule is CC(C)CNC(=O)NC(=O)COC(=O)C12C[C@@H]3C[C@@H](CC(Br)(C3)C1)C2. The fraction of sp³-hybridized carbons (Fsp3) is 0.833. The molecule has 0 spiro atoms. The minimum Gasteiger partial charge on any atom is -0.455 e. The van der Waals surface area contributed by atoms with E-state index in [0.29, 0.717) is 24.3 Å². The Morgan fingerprint density at radius 1 is 1.16 bits per heavy atom. The normalized spacial score (nSPS) is 35.5. The van der Waals surface area contributed by atoms with E-state index in [2.05, 4.69) is 26.6 Å². The molecule has 2 unspecified atom stereocenters. The number of rotatable bonds is 5. The Labute approximate surface area is 156 Å². The van der Waals surface area contributed by atoms with Crippen molar-refractivity contribution in [3.63, 3.8) is 0 Å². The zero-order chi connectivity index (χ0) is 18.2. The number of hydrogen-bond donors (Lipinski definition) is 2. The fourth-order valence-corrected chi connectivity index (χ4v) is 6.63. The number of ether oxygens (including phenoxy) is 1. The van der Waals surface area contributed by atoms with E-state index in [1.807, 2.05) is 13.8 Å². The number of esters is 1. The molecule has 7 heteroatoms. The minimum absolute atomic E-state index is 0.0646. The number of imide groups is 1. The molecule has 4 aliphatic carbocycles. The lowest BCUT2D eigenvalue weighted by Crippen LogP contribution is -2.56. The van der Waals surface area contributed by atoms with Crippen molar-refractivity contribution < 1.29 is 19.1 Å². The highest BCUT2D eigenvalue weighted by molar-refractivity contribution is 9.10. The monoisotopic (exact) mass is 414 g/mol. The van der Waals surface area contributed by atoms with Crippen LogP contribution in [-0.4, -0.2) is 35.4 Å². The third-order valence-corrected chi connectivity index (χ3v) is 6.61. The Hall–Kier alpha value is -1.11. The van der Waals surface area contributed by atoms with E-state index in [1.54, 1.807) is 0 Å². The van der Waals surface area contributed by atoms with E-state index in [4.69, 9.17) is 4.74 Å². The highest BCUT2D eigenvalue weighted by Gasteiger charge is 2.60. The summed E-state index contributed by atoms with van der Waals surface area (Å²) in [4.78, 5) is 36.1. The number of amides is 3. The van der Waals surface area contributed by atoms with Crippen LogP contribution in [0, 0.1) is 23.2 Å². The number of halogens is 1. The summed E-state index contributed by atoms with van der Waals surface area (Å²) >= 11 is 3.86. The second-order valence-corrected chi connectivity index (χ2v) is 10.3. The van der Waals surface area contributed by atoms with Crippen molar-refractivity contribution in [3.05, 3.63) is 0 Å². The van der Waals surface area contributed by atoms with E-state index in [-0.39, 0.29) is 10.3 Å². The molecule has 0 aromatic heterocycles. The first-order valence-corrected chi connectivity index (χ1v) is 9.93. The van der Waals surface area contributed by atoms with Crippen LogP contribution >= 0.6 is 15.9 Å². The van der Waals surface area contributed by atoms with Gasteiger partial charge in [-0.05, 0) is 56.3 Å². The van der Waals surface area contributed by atoms with Crippen LogP contribution in [0.5, 0.6) is 0 Å². The Balaban J connectivity index is 1.50. The van der Waals surface area contributed by atoms with E-state index < -0.39 is 24.0 Å². The summed E-state index contributed by atoms with van der Waals surface area (Å²) in [5.74, 6) is 0.579. The molecule has 0 radical (unpaired) electrons. The predicted molar refractivity (Wildman–Crippen MR) is 96.1 cm³/mol. The number of carbonyl (C=O) groups excluding carboxylic acids is 3. The van der Waals surface area contributed by atoms with E-state index >= 15 is 0 Å². The lowest BCUT2D eigenvalue weighted by atomic mass is 9.49. The summed E-state index contributed by atoms with van der Waals surface area (Å²) in [7, 11) is 0. The summed E-state index contributed by atoms with van der Waals surface area (Å²) in [5, 5.41) is 4.79. The fourth-order valence-electron chi connectivity index (χ4n) is 5.18. The van der Waals surface area contributed by atoms with Crippen molar-refractivity contribution in [2.24, 2.45) is 23.2 Å². The number of hydrogen-bond acceptors (Lipinski definition) is 4. The summed E-state index contributed by atoms with van der Waals surface area (Å²) in [5.41, 5.74) is -0.451. The van der Waals surface area contributed by atoms with Crippen molar-refractivity contribution in [3.8, 4) is 0 Å². The number of nitrogens with one attached hydrogen (secondary N) is 2. The maximum absolute atomic E-state index is 12.7. The summed E-state index contributed by atoms with van der Waals surface area (Å²) in [6.07, 6.45) is 6.00. The van der Waals surface area contributed by atoms with Crippen LogP contribution in [0.15, 0.2) is 0 Å². The Morgan fingerprint density at radius 3 is 2.36 bits per heavy atom. The lowest BCUT2D eigenvalue weighted by Gasteiger charge is -2.58. The summed E-state index contributed by atoms with van der Waals surface area (Å²) in [6.45, 7) is 4.01. The van der Waals surface area contributed by atoms with Crippen molar-refractivity contribution in [2.75, 3.05) is 13.2 Å². The van der Waals surface area contributed by atoms with Crippen LogP contribution in [0.25, 0.3) is 0 Å². The zero-order valence-corrected chi connectivity index (χ0v) is 16.5. The maximum Gasteiger partial charge on any atom is 0.321 e. The van der Waals surface area contributed by atoms with Gasteiger partial charge in [0.1, 0.15) is 0 Å². The van der Waals surface area contributed by atoms with E-state index in [0.717, 1.165) is 32.1 Å². The van der Waals surface area contributed by atoms with Gasteiger partial charge >= 0.3 is 12.0 Å². The van der Waals surface area contributed by atoms with Crippen LogP contribution in [0.2, 0.25) is 0 Å². The van der Waals surface area contributed by atoms with Crippen LogP contribution in [0.3, 0.4) is 0 Å². The molecule has 4 saturated carbocycles. The highest BCUT2D eigenvalue weighted by atomic mass is 79.9. The molecule has 4 rings (SSSR count). The molecule has 140 valence electrons. The standard InChI is InChI=1S/C18H27BrN2O4/c1-11(2)8-20-16(24)21-14(22)9-25-15(23)17-4-12-3-13(5-17)7-18(19,6-12)10-17/h11-13H,3-10H2,1-2H3,(H2,20,21,22,24)/t12-,13+,17?,18?. The minimum atomic E-state index is -0.590. The molecule has 4 atom stereocenters. The number of urea groups is 1. The van der Waals surface area contributed by atoms with Gasteiger partial charge < -0.3 is 10.1 Å².